The highest BCUT2D eigenvalue weighted by atomic mass is 15.0. The van der Waals surface area contributed by atoms with E-state index in [9.17, 15) is 5.26 Å². The zero-order valence-corrected chi connectivity index (χ0v) is 34.0. The first kappa shape index (κ1) is 37.2. The lowest BCUT2D eigenvalue weighted by Gasteiger charge is -2.17. The SMILES string of the molecule is N#Cc1ccccc1-c1ccc2c3ccccc3n(-c3ccc(-c4nc(-c5ccccc5)cc(-c5ccccc5)n4)cc3-c3cc(-c4ccccc4)nc(-c4ccccc4)n3)c2c1. The normalized spacial score (nSPS) is 11.2. The molecule has 6 nitrogen and oxygen atoms in total. The molecule has 0 aliphatic rings. The Hall–Kier alpha value is -8.79. The van der Waals surface area contributed by atoms with E-state index in [1.54, 1.807) is 0 Å². The fourth-order valence-corrected chi connectivity index (χ4v) is 8.45. The Kier molecular flexibility index (Phi) is 9.45. The van der Waals surface area contributed by atoms with Gasteiger partial charge in [0.05, 0.1) is 51.1 Å². The van der Waals surface area contributed by atoms with Gasteiger partial charge in [0.25, 0.3) is 0 Å². The van der Waals surface area contributed by atoms with Gasteiger partial charge in [0, 0.05) is 44.2 Å². The first-order chi connectivity index (χ1) is 31.2. The predicted molar refractivity (Wildman–Crippen MR) is 255 cm³/mol. The van der Waals surface area contributed by atoms with E-state index >= 15 is 0 Å². The molecule has 0 amide bonds. The van der Waals surface area contributed by atoms with Gasteiger partial charge in [-0.15, -0.1) is 0 Å². The van der Waals surface area contributed by atoms with Crippen molar-refractivity contribution in [2.75, 3.05) is 0 Å². The van der Waals surface area contributed by atoms with Crippen LogP contribution in [0.25, 0.3) is 106 Å². The third kappa shape index (κ3) is 7.00. The van der Waals surface area contributed by atoms with Crippen LogP contribution < -0.4 is 0 Å². The standard InChI is InChI=1S/C57H36N6/c58-37-44-25-13-14-26-45(44)42-29-31-47-46-27-15-16-28-53(46)63(55(47)34-42)54-32-30-43(57-60-49(38-17-5-1-6-18-38)35-50(61-57)39-19-7-2-8-20-39)33-48(54)52-36-51(40-21-9-3-10-22-40)59-56(62-52)41-23-11-4-12-24-41/h1-36H. The lowest BCUT2D eigenvalue weighted by Crippen LogP contribution is -2.02. The van der Waals surface area contributed by atoms with Gasteiger partial charge in [0.2, 0.25) is 0 Å². The molecule has 63 heavy (non-hydrogen) atoms. The fraction of sp³-hybridized carbons (Fsp3) is 0. The van der Waals surface area contributed by atoms with Gasteiger partial charge in [0.1, 0.15) is 0 Å². The van der Waals surface area contributed by atoms with Gasteiger partial charge >= 0.3 is 0 Å². The third-order valence-electron chi connectivity index (χ3n) is 11.5. The van der Waals surface area contributed by atoms with Crippen molar-refractivity contribution in [3.63, 3.8) is 0 Å². The molecule has 0 saturated carbocycles. The first-order valence-corrected chi connectivity index (χ1v) is 20.9. The third-order valence-corrected chi connectivity index (χ3v) is 11.5. The molecule has 0 aliphatic heterocycles. The number of fused-ring (bicyclic) bond motifs is 3. The monoisotopic (exact) mass is 804 g/mol. The summed E-state index contributed by atoms with van der Waals surface area (Å²) in [5.74, 6) is 1.22. The lowest BCUT2D eigenvalue weighted by molar-refractivity contribution is 1.14. The molecule has 3 aromatic heterocycles. The van der Waals surface area contributed by atoms with Crippen LogP contribution in [-0.4, -0.2) is 24.5 Å². The molecule has 6 heteroatoms. The van der Waals surface area contributed by atoms with Gasteiger partial charge in [-0.25, -0.2) is 19.9 Å². The highest BCUT2D eigenvalue weighted by molar-refractivity contribution is 6.11. The maximum absolute atomic E-state index is 10.1. The molecule has 0 bridgehead atoms. The van der Waals surface area contributed by atoms with E-state index in [4.69, 9.17) is 19.9 Å². The van der Waals surface area contributed by atoms with E-state index in [0.29, 0.717) is 17.2 Å². The van der Waals surface area contributed by atoms with Crippen LogP contribution in [0.2, 0.25) is 0 Å². The second-order valence-corrected chi connectivity index (χ2v) is 15.4. The molecule has 11 aromatic rings. The topological polar surface area (TPSA) is 80.3 Å². The summed E-state index contributed by atoms with van der Waals surface area (Å²) in [5.41, 5.74) is 14.3. The van der Waals surface area contributed by atoms with Crippen LogP contribution in [-0.2, 0) is 0 Å². The molecule has 0 aliphatic carbocycles. The van der Waals surface area contributed by atoms with E-state index in [-0.39, 0.29) is 0 Å². The number of hydrogen-bond acceptors (Lipinski definition) is 5. The predicted octanol–water partition coefficient (Wildman–Crippen LogP) is 13.9. The summed E-state index contributed by atoms with van der Waals surface area (Å²) >= 11 is 0. The van der Waals surface area contributed by atoms with Crippen LogP contribution in [0.3, 0.4) is 0 Å². The van der Waals surface area contributed by atoms with Crippen molar-refractivity contribution < 1.29 is 0 Å². The summed E-state index contributed by atoms with van der Waals surface area (Å²) in [6.07, 6.45) is 0. The van der Waals surface area contributed by atoms with Crippen molar-refractivity contribution in [2.24, 2.45) is 0 Å². The molecule has 0 N–H and O–H groups in total. The molecule has 0 unspecified atom stereocenters. The van der Waals surface area contributed by atoms with Crippen LogP contribution in [0.15, 0.2) is 218 Å². The Morgan fingerprint density at radius 3 is 1.43 bits per heavy atom. The number of hydrogen-bond donors (Lipinski definition) is 0. The summed E-state index contributed by atoms with van der Waals surface area (Å²) in [4.78, 5) is 21.0. The number of benzene rings is 8. The Morgan fingerprint density at radius 2 is 0.810 bits per heavy atom. The molecule has 0 atom stereocenters. The molecule has 0 spiro atoms. The Bertz CT molecular complexity index is 3390. The summed E-state index contributed by atoms with van der Waals surface area (Å²) in [5, 5.41) is 12.3. The molecule has 11 rings (SSSR count). The quantitative estimate of drug-likeness (QED) is 0.153. The maximum Gasteiger partial charge on any atom is 0.160 e. The largest absolute Gasteiger partial charge is 0.309 e. The second-order valence-electron chi connectivity index (χ2n) is 15.4. The van der Waals surface area contributed by atoms with Gasteiger partial charge in [-0.3, -0.25) is 0 Å². The molecule has 3 heterocycles. The minimum absolute atomic E-state index is 0.598. The number of aromatic nitrogens is 5. The van der Waals surface area contributed by atoms with E-state index in [1.807, 2.05) is 109 Å². The molecule has 294 valence electrons. The Labute approximate surface area is 364 Å². The van der Waals surface area contributed by atoms with Gasteiger partial charge in [-0.1, -0.05) is 170 Å². The highest BCUT2D eigenvalue weighted by Gasteiger charge is 2.21. The highest BCUT2D eigenvalue weighted by Crippen LogP contribution is 2.41. The maximum atomic E-state index is 10.1. The van der Waals surface area contributed by atoms with Crippen molar-refractivity contribution >= 4 is 21.8 Å². The van der Waals surface area contributed by atoms with Crippen molar-refractivity contribution in [1.29, 1.82) is 5.26 Å². The number of para-hydroxylation sites is 1. The number of rotatable bonds is 8. The van der Waals surface area contributed by atoms with Crippen LogP contribution in [0, 0.1) is 11.3 Å². The summed E-state index contributed by atoms with van der Waals surface area (Å²) in [6.45, 7) is 0. The van der Waals surface area contributed by atoms with E-state index in [1.165, 1.54) is 0 Å². The Morgan fingerprint density at radius 1 is 0.333 bits per heavy atom. The second kappa shape index (κ2) is 16.0. The molecule has 0 fully saturated rings. The van der Waals surface area contributed by atoms with Crippen molar-refractivity contribution in [1.82, 2.24) is 24.5 Å². The average molecular weight is 805 g/mol. The minimum Gasteiger partial charge on any atom is -0.309 e. The summed E-state index contributed by atoms with van der Waals surface area (Å²) < 4.78 is 2.32. The number of nitrogens with zero attached hydrogens (tertiary/aromatic N) is 6. The molecular weight excluding hydrogens is 769 g/mol. The van der Waals surface area contributed by atoms with Gasteiger partial charge in [-0.2, -0.15) is 5.26 Å². The van der Waals surface area contributed by atoms with E-state index in [2.05, 4.69) is 120 Å². The molecule has 0 saturated heterocycles. The average Bonchev–Trinajstić information content (AvgIpc) is 3.70. The van der Waals surface area contributed by atoms with Crippen molar-refractivity contribution in [3.05, 3.63) is 224 Å². The minimum atomic E-state index is 0.598. The smallest absolute Gasteiger partial charge is 0.160 e. The Balaban J connectivity index is 1.21. The van der Waals surface area contributed by atoms with Crippen molar-refractivity contribution in [3.8, 4) is 90.7 Å². The number of nitriles is 1. The van der Waals surface area contributed by atoms with E-state index < -0.39 is 0 Å². The molecule has 8 aromatic carbocycles. The molecular formula is C57H36N6. The van der Waals surface area contributed by atoms with Crippen LogP contribution >= 0.6 is 0 Å². The van der Waals surface area contributed by atoms with Gasteiger partial charge < -0.3 is 4.57 Å². The summed E-state index contributed by atoms with van der Waals surface area (Å²) in [7, 11) is 0. The van der Waals surface area contributed by atoms with Gasteiger partial charge in [-0.05, 0) is 59.7 Å². The van der Waals surface area contributed by atoms with Crippen LogP contribution in [0.1, 0.15) is 5.56 Å². The van der Waals surface area contributed by atoms with Crippen molar-refractivity contribution in [2.45, 2.75) is 0 Å². The van der Waals surface area contributed by atoms with Crippen LogP contribution in [0.4, 0.5) is 0 Å². The van der Waals surface area contributed by atoms with Gasteiger partial charge in [0.15, 0.2) is 11.6 Å². The zero-order chi connectivity index (χ0) is 42.1. The van der Waals surface area contributed by atoms with E-state index in [0.717, 1.165) is 94.8 Å². The van der Waals surface area contributed by atoms with Crippen LogP contribution in [0.5, 0.6) is 0 Å². The summed E-state index contributed by atoms with van der Waals surface area (Å²) in [6, 6.07) is 76.6. The molecule has 0 radical (unpaired) electrons. The zero-order valence-electron chi connectivity index (χ0n) is 34.0. The fourth-order valence-electron chi connectivity index (χ4n) is 8.45. The lowest BCUT2D eigenvalue weighted by atomic mass is 9.99. The first-order valence-electron chi connectivity index (χ1n) is 20.9.